The molecule has 1 atom stereocenters. The summed E-state index contributed by atoms with van der Waals surface area (Å²) in [4.78, 5) is 12.8. The normalized spacial score (nSPS) is 18.2. The van der Waals surface area contributed by atoms with Gasteiger partial charge in [-0.15, -0.1) is 0 Å². The van der Waals surface area contributed by atoms with Crippen LogP contribution in [0.1, 0.15) is 24.0 Å². The number of hydrogen-bond acceptors (Lipinski definition) is 3. The van der Waals surface area contributed by atoms with Gasteiger partial charge in [0.15, 0.2) is 0 Å². The van der Waals surface area contributed by atoms with Gasteiger partial charge in [-0.1, -0.05) is 48.0 Å². The molecule has 1 amide bonds. The molecule has 0 aliphatic carbocycles. The topological polar surface area (TPSA) is 66.5 Å². The maximum absolute atomic E-state index is 12.9. The van der Waals surface area contributed by atoms with Crippen molar-refractivity contribution in [1.82, 2.24) is 9.62 Å². The van der Waals surface area contributed by atoms with E-state index in [-0.39, 0.29) is 18.4 Å². The van der Waals surface area contributed by atoms with Gasteiger partial charge in [0.1, 0.15) is 0 Å². The number of sulfonamides is 1. The van der Waals surface area contributed by atoms with Crippen molar-refractivity contribution in [3.63, 3.8) is 0 Å². The smallest absolute Gasteiger partial charge is 0.243 e. The zero-order valence-corrected chi connectivity index (χ0v) is 16.4. The van der Waals surface area contributed by atoms with Gasteiger partial charge in [0.2, 0.25) is 15.9 Å². The number of amides is 1. The highest BCUT2D eigenvalue weighted by Crippen LogP contribution is 2.24. The van der Waals surface area contributed by atoms with E-state index in [0.717, 1.165) is 18.4 Å². The summed E-state index contributed by atoms with van der Waals surface area (Å²) in [5.74, 6) is -0.357. The van der Waals surface area contributed by atoms with Crippen LogP contribution in [0.2, 0.25) is 0 Å². The van der Waals surface area contributed by atoms with Gasteiger partial charge >= 0.3 is 0 Å². The lowest BCUT2D eigenvalue weighted by atomic mass is 9.99. The van der Waals surface area contributed by atoms with Crippen molar-refractivity contribution >= 4 is 15.9 Å². The predicted molar refractivity (Wildman–Crippen MR) is 106 cm³/mol. The van der Waals surface area contributed by atoms with Crippen molar-refractivity contribution in [2.75, 3.05) is 19.6 Å². The summed E-state index contributed by atoms with van der Waals surface area (Å²) in [5, 5.41) is 2.96. The van der Waals surface area contributed by atoms with Gasteiger partial charge in [0, 0.05) is 19.6 Å². The Kier molecular flexibility index (Phi) is 6.29. The van der Waals surface area contributed by atoms with E-state index in [9.17, 15) is 13.2 Å². The molecule has 2 aromatic carbocycles. The molecule has 144 valence electrons. The maximum atomic E-state index is 12.9. The van der Waals surface area contributed by atoms with Crippen LogP contribution in [0.25, 0.3) is 0 Å². The quantitative estimate of drug-likeness (QED) is 0.830. The average Bonchev–Trinajstić information content (AvgIpc) is 2.69. The van der Waals surface area contributed by atoms with E-state index in [0.29, 0.717) is 24.4 Å². The lowest BCUT2D eigenvalue weighted by Crippen LogP contribution is -2.45. The molecule has 5 nitrogen and oxygen atoms in total. The Morgan fingerprint density at radius 2 is 1.81 bits per heavy atom. The first-order chi connectivity index (χ1) is 13.0. The monoisotopic (exact) mass is 386 g/mol. The van der Waals surface area contributed by atoms with Crippen molar-refractivity contribution < 1.29 is 13.2 Å². The van der Waals surface area contributed by atoms with Crippen LogP contribution in [0.4, 0.5) is 0 Å². The van der Waals surface area contributed by atoms with Gasteiger partial charge in [-0.2, -0.15) is 4.31 Å². The number of nitrogens with zero attached hydrogens (tertiary/aromatic N) is 1. The largest absolute Gasteiger partial charge is 0.355 e. The molecule has 0 spiro atoms. The molecule has 2 aromatic rings. The summed E-state index contributed by atoms with van der Waals surface area (Å²) in [6, 6.07) is 16.8. The fraction of sp³-hybridized carbons (Fsp3) is 0.381. The van der Waals surface area contributed by atoms with E-state index in [1.54, 1.807) is 24.3 Å². The SMILES string of the molecule is Cc1ccc(S(=O)(=O)N2CCC[C@@H](C(=O)NCCc3ccccc3)C2)cc1. The Labute approximate surface area is 161 Å². The number of nitrogens with one attached hydrogen (secondary N) is 1. The van der Waals surface area contributed by atoms with Crippen molar-refractivity contribution in [1.29, 1.82) is 0 Å². The van der Waals surface area contributed by atoms with E-state index in [1.807, 2.05) is 37.3 Å². The third kappa shape index (κ3) is 4.96. The number of benzene rings is 2. The first kappa shape index (κ1) is 19.6. The zero-order valence-electron chi connectivity index (χ0n) is 15.6. The van der Waals surface area contributed by atoms with Gasteiger partial charge in [-0.05, 0) is 43.9 Å². The highest BCUT2D eigenvalue weighted by atomic mass is 32.2. The molecule has 3 rings (SSSR count). The second-order valence-electron chi connectivity index (χ2n) is 7.04. The predicted octanol–water partition coefficient (Wildman–Crippen LogP) is 2.75. The molecule has 1 heterocycles. The lowest BCUT2D eigenvalue weighted by Gasteiger charge is -2.31. The van der Waals surface area contributed by atoms with Gasteiger partial charge in [0.25, 0.3) is 0 Å². The number of hydrogen-bond donors (Lipinski definition) is 1. The van der Waals surface area contributed by atoms with Gasteiger partial charge in [0.05, 0.1) is 10.8 Å². The van der Waals surface area contributed by atoms with Crippen LogP contribution in [-0.4, -0.2) is 38.3 Å². The van der Waals surface area contributed by atoms with Crippen LogP contribution in [0.15, 0.2) is 59.5 Å². The molecule has 6 heteroatoms. The number of piperidine rings is 1. The molecular weight excluding hydrogens is 360 g/mol. The Bertz CT molecular complexity index is 864. The van der Waals surface area contributed by atoms with Gasteiger partial charge in [-0.3, -0.25) is 4.79 Å². The molecule has 0 saturated carbocycles. The summed E-state index contributed by atoms with van der Waals surface area (Å²) in [6.07, 6.45) is 2.18. The molecule has 27 heavy (non-hydrogen) atoms. The highest BCUT2D eigenvalue weighted by molar-refractivity contribution is 7.89. The second kappa shape index (κ2) is 8.67. The third-order valence-electron chi connectivity index (χ3n) is 4.97. The van der Waals surface area contributed by atoms with Crippen LogP contribution in [0.5, 0.6) is 0 Å². The minimum Gasteiger partial charge on any atom is -0.355 e. The summed E-state index contributed by atoms with van der Waals surface area (Å²) in [6.45, 7) is 3.19. The van der Waals surface area contributed by atoms with Crippen LogP contribution in [-0.2, 0) is 21.2 Å². The standard InChI is InChI=1S/C21H26N2O3S/c1-17-9-11-20(12-10-17)27(25,26)23-15-5-8-19(16-23)21(24)22-14-13-18-6-3-2-4-7-18/h2-4,6-7,9-12,19H,5,8,13-16H2,1H3,(H,22,24)/t19-/m1/s1. The number of rotatable bonds is 6. The average molecular weight is 387 g/mol. The van der Waals surface area contributed by atoms with Crippen molar-refractivity contribution in [3.8, 4) is 0 Å². The van der Waals surface area contributed by atoms with Crippen LogP contribution in [0, 0.1) is 12.8 Å². The lowest BCUT2D eigenvalue weighted by molar-refractivity contribution is -0.126. The first-order valence-electron chi connectivity index (χ1n) is 9.35. The molecular formula is C21H26N2O3S. The molecule has 1 saturated heterocycles. The van der Waals surface area contributed by atoms with Crippen LogP contribution in [0.3, 0.4) is 0 Å². The Morgan fingerprint density at radius 3 is 2.52 bits per heavy atom. The van der Waals surface area contributed by atoms with E-state index >= 15 is 0 Å². The fourth-order valence-corrected chi connectivity index (χ4v) is 4.88. The molecule has 0 aromatic heterocycles. The molecule has 1 aliphatic rings. The summed E-state index contributed by atoms with van der Waals surface area (Å²) < 4.78 is 27.2. The minimum absolute atomic E-state index is 0.0604. The summed E-state index contributed by atoms with van der Waals surface area (Å²) >= 11 is 0. The minimum atomic E-state index is -3.56. The highest BCUT2D eigenvalue weighted by Gasteiger charge is 2.33. The summed E-state index contributed by atoms with van der Waals surface area (Å²) in [5.41, 5.74) is 2.19. The molecule has 0 bridgehead atoms. The summed E-state index contributed by atoms with van der Waals surface area (Å²) in [7, 11) is -3.56. The molecule has 0 unspecified atom stereocenters. The van der Waals surface area contributed by atoms with E-state index < -0.39 is 10.0 Å². The Hall–Kier alpha value is -2.18. The van der Waals surface area contributed by atoms with Gasteiger partial charge < -0.3 is 5.32 Å². The van der Waals surface area contributed by atoms with Crippen LogP contribution < -0.4 is 5.32 Å². The number of carbonyl (C=O) groups is 1. The zero-order chi connectivity index (χ0) is 19.3. The number of aryl methyl sites for hydroxylation is 1. The van der Waals surface area contributed by atoms with Gasteiger partial charge in [-0.25, -0.2) is 8.42 Å². The maximum Gasteiger partial charge on any atom is 0.243 e. The molecule has 1 aliphatic heterocycles. The first-order valence-corrected chi connectivity index (χ1v) is 10.8. The van der Waals surface area contributed by atoms with E-state index in [2.05, 4.69) is 5.32 Å². The molecule has 1 N–H and O–H groups in total. The van der Waals surface area contributed by atoms with Crippen molar-refractivity contribution in [2.45, 2.75) is 31.1 Å². The van der Waals surface area contributed by atoms with E-state index in [1.165, 1.54) is 9.87 Å². The molecule has 1 fully saturated rings. The molecule has 0 radical (unpaired) electrons. The van der Waals surface area contributed by atoms with E-state index in [4.69, 9.17) is 0 Å². The Morgan fingerprint density at radius 1 is 1.11 bits per heavy atom. The number of carbonyl (C=O) groups excluding carboxylic acids is 1. The van der Waals surface area contributed by atoms with Crippen molar-refractivity contribution in [2.24, 2.45) is 5.92 Å². The third-order valence-corrected chi connectivity index (χ3v) is 6.85. The van der Waals surface area contributed by atoms with Crippen molar-refractivity contribution in [3.05, 3.63) is 65.7 Å². The van der Waals surface area contributed by atoms with Crippen LogP contribution >= 0.6 is 0 Å². The fourth-order valence-electron chi connectivity index (χ4n) is 3.35. The Balaban J connectivity index is 1.58. The second-order valence-corrected chi connectivity index (χ2v) is 8.98.